The van der Waals surface area contributed by atoms with Gasteiger partial charge in [-0.2, -0.15) is 11.8 Å². The summed E-state index contributed by atoms with van der Waals surface area (Å²) in [7, 11) is 0. The lowest BCUT2D eigenvalue weighted by Gasteiger charge is -2.21. The summed E-state index contributed by atoms with van der Waals surface area (Å²) in [5.41, 5.74) is 0. The first-order chi connectivity index (χ1) is 6.84. The summed E-state index contributed by atoms with van der Waals surface area (Å²) in [6.45, 7) is 1.06. The zero-order chi connectivity index (χ0) is 10.2. The molecule has 84 valence electrons. The molecule has 1 saturated carbocycles. The summed E-state index contributed by atoms with van der Waals surface area (Å²) < 4.78 is 0. The van der Waals surface area contributed by atoms with Crippen LogP contribution in [-0.2, 0) is 0 Å². The quantitative estimate of drug-likeness (QED) is 0.546. The average molecular weight is 217 g/mol. The van der Waals surface area contributed by atoms with Gasteiger partial charge in [0.15, 0.2) is 0 Å². The first-order valence-corrected chi connectivity index (χ1v) is 7.14. The lowest BCUT2D eigenvalue weighted by Crippen LogP contribution is -2.39. The van der Waals surface area contributed by atoms with Crippen molar-refractivity contribution in [2.45, 2.75) is 50.7 Å². The van der Waals surface area contributed by atoms with Crippen LogP contribution in [0.5, 0.6) is 0 Å². The Morgan fingerprint density at radius 2 is 2.07 bits per heavy atom. The van der Waals surface area contributed by atoms with Crippen molar-refractivity contribution >= 4 is 11.8 Å². The molecule has 0 bridgehead atoms. The van der Waals surface area contributed by atoms with E-state index in [1.54, 1.807) is 0 Å². The Morgan fingerprint density at radius 3 is 2.86 bits per heavy atom. The Bertz CT molecular complexity index is 143. The summed E-state index contributed by atoms with van der Waals surface area (Å²) in [6.07, 6.45) is 9.15. The van der Waals surface area contributed by atoms with Crippen LogP contribution in [0.15, 0.2) is 0 Å². The molecule has 0 heterocycles. The number of hydrogen-bond acceptors (Lipinski definition) is 3. The van der Waals surface area contributed by atoms with E-state index in [-0.39, 0.29) is 6.10 Å². The molecule has 0 spiro atoms. The van der Waals surface area contributed by atoms with Crippen molar-refractivity contribution in [1.82, 2.24) is 5.32 Å². The zero-order valence-electron chi connectivity index (χ0n) is 9.17. The van der Waals surface area contributed by atoms with Crippen LogP contribution in [0.3, 0.4) is 0 Å². The van der Waals surface area contributed by atoms with E-state index in [0.717, 1.165) is 19.4 Å². The second kappa shape index (κ2) is 7.55. The van der Waals surface area contributed by atoms with Gasteiger partial charge in [-0.3, -0.25) is 0 Å². The van der Waals surface area contributed by atoms with E-state index in [4.69, 9.17) is 0 Å². The minimum absolute atomic E-state index is 0.105. The predicted molar refractivity (Wildman–Crippen MR) is 63.9 cm³/mol. The predicted octanol–water partition coefficient (Wildman–Crippen LogP) is 2.02. The number of nitrogens with one attached hydrogen (secondary N) is 1. The van der Waals surface area contributed by atoms with E-state index in [0.29, 0.717) is 6.04 Å². The number of thioether (sulfide) groups is 1. The maximum Gasteiger partial charge on any atom is 0.0693 e. The van der Waals surface area contributed by atoms with Gasteiger partial charge in [0.1, 0.15) is 0 Å². The molecule has 1 rings (SSSR count). The van der Waals surface area contributed by atoms with Crippen LogP contribution in [0.1, 0.15) is 38.5 Å². The molecular formula is C11H23NOS. The third-order valence-electron chi connectivity index (χ3n) is 2.91. The highest BCUT2D eigenvalue weighted by Gasteiger charge is 2.20. The number of aliphatic hydroxyl groups excluding tert-OH is 1. The third kappa shape index (κ3) is 4.67. The summed E-state index contributed by atoms with van der Waals surface area (Å²) in [6, 6.07) is 0.361. The topological polar surface area (TPSA) is 32.3 Å². The minimum atomic E-state index is -0.105. The van der Waals surface area contributed by atoms with E-state index in [9.17, 15) is 5.11 Å². The van der Waals surface area contributed by atoms with Crippen molar-refractivity contribution in [2.75, 3.05) is 18.6 Å². The monoisotopic (exact) mass is 217 g/mol. The van der Waals surface area contributed by atoms with Gasteiger partial charge in [0.05, 0.1) is 6.10 Å². The van der Waals surface area contributed by atoms with Crippen LogP contribution in [0, 0.1) is 0 Å². The van der Waals surface area contributed by atoms with Crippen molar-refractivity contribution in [3.05, 3.63) is 0 Å². The second-order valence-corrected chi connectivity index (χ2v) is 5.10. The largest absolute Gasteiger partial charge is 0.392 e. The molecule has 14 heavy (non-hydrogen) atoms. The van der Waals surface area contributed by atoms with Crippen molar-refractivity contribution in [2.24, 2.45) is 0 Å². The average Bonchev–Trinajstić information content (AvgIpc) is 2.39. The molecule has 2 nitrogen and oxygen atoms in total. The van der Waals surface area contributed by atoms with Crippen molar-refractivity contribution < 1.29 is 5.11 Å². The van der Waals surface area contributed by atoms with Gasteiger partial charge in [0, 0.05) is 6.04 Å². The smallest absolute Gasteiger partial charge is 0.0693 e. The first kappa shape index (κ1) is 12.3. The molecule has 0 aromatic carbocycles. The molecule has 0 amide bonds. The molecule has 2 unspecified atom stereocenters. The first-order valence-electron chi connectivity index (χ1n) is 5.75. The molecule has 1 fully saturated rings. The van der Waals surface area contributed by atoms with Gasteiger partial charge in [-0.15, -0.1) is 0 Å². The van der Waals surface area contributed by atoms with E-state index < -0.39 is 0 Å². The van der Waals surface area contributed by atoms with Crippen LogP contribution in [0.2, 0.25) is 0 Å². The molecule has 0 aromatic heterocycles. The standard InChI is InChI=1S/C11H23NOS/c1-14-9-5-8-12-10-6-3-2-4-7-11(10)13/h10-13H,2-9H2,1H3. The molecule has 1 aliphatic rings. The second-order valence-electron chi connectivity index (χ2n) is 4.11. The Labute approximate surface area is 91.9 Å². The zero-order valence-corrected chi connectivity index (χ0v) is 9.98. The van der Waals surface area contributed by atoms with Gasteiger partial charge in [-0.1, -0.05) is 19.3 Å². The molecular weight excluding hydrogens is 194 g/mol. The SMILES string of the molecule is CSCCCNC1CCCCCC1O. The molecule has 0 aromatic rings. The van der Waals surface area contributed by atoms with Crippen molar-refractivity contribution in [1.29, 1.82) is 0 Å². The summed E-state index contributed by atoms with van der Waals surface area (Å²) in [4.78, 5) is 0. The van der Waals surface area contributed by atoms with Gasteiger partial charge in [0.2, 0.25) is 0 Å². The summed E-state index contributed by atoms with van der Waals surface area (Å²) in [5.74, 6) is 1.22. The molecule has 0 aliphatic heterocycles. The number of rotatable bonds is 5. The molecule has 2 N–H and O–H groups in total. The Kier molecular flexibility index (Phi) is 6.65. The molecule has 0 saturated heterocycles. The lowest BCUT2D eigenvalue weighted by atomic mass is 10.1. The number of hydrogen-bond donors (Lipinski definition) is 2. The summed E-state index contributed by atoms with van der Waals surface area (Å²) in [5, 5.41) is 13.3. The number of aliphatic hydroxyl groups is 1. The van der Waals surface area contributed by atoms with Gasteiger partial charge in [-0.25, -0.2) is 0 Å². The van der Waals surface area contributed by atoms with E-state index in [1.165, 1.54) is 31.4 Å². The Balaban J connectivity index is 2.13. The highest BCUT2D eigenvalue weighted by atomic mass is 32.2. The van der Waals surface area contributed by atoms with Crippen LogP contribution < -0.4 is 5.32 Å². The van der Waals surface area contributed by atoms with E-state index >= 15 is 0 Å². The maximum absolute atomic E-state index is 9.84. The molecule has 1 aliphatic carbocycles. The van der Waals surface area contributed by atoms with Crippen LogP contribution in [-0.4, -0.2) is 35.8 Å². The van der Waals surface area contributed by atoms with Crippen LogP contribution in [0.4, 0.5) is 0 Å². The van der Waals surface area contributed by atoms with Crippen LogP contribution >= 0.6 is 11.8 Å². The molecule has 2 atom stereocenters. The van der Waals surface area contributed by atoms with E-state index in [2.05, 4.69) is 11.6 Å². The minimum Gasteiger partial charge on any atom is -0.392 e. The normalized spacial score (nSPS) is 28.7. The fraction of sp³-hybridized carbons (Fsp3) is 1.00. The third-order valence-corrected chi connectivity index (χ3v) is 3.61. The summed E-state index contributed by atoms with van der Waals surface area (Å²) >= 11 is 1.89. The molecule has 3 heteroatoms. The van der Waals surface area contributed by atoms with Gasteiger partial charge >= 0.3 is 0 Å². The van der Waals surface area contributed by atoms with Gasteiger partial charge < -0.3 is 10.4 Å². The highest BCUT2D eigenvalue weighted by molar-refractivity contribution is 7.98. The van der Waals surface area contributed by atoms with Crippen molar-refractivity contribution in [3.63, 3.8) is 0 Å². The lowest BCUT2D eigenvalue weighted by molar-refractivity contribution is 0.120. The Morgan fingerprint density at radius 1 is 1.29 bits per heavy atom. The van der Waals surface area contributed by atoms with Crippen molar-refractivity contribution in [3.8, 4) is 0 Å². The van der Waals surface area contributed by atoms with Gasteiger partial charge in [0.25, 0.3) is 0 Å². The maximum atomic E-state index is 9.84. The van der Waals surface area contributed by atoms with Crippen LogP contribution in [0.25, 0.3) is 0 Å². The fourth-order valence-corrected chi connectivity index (χ4v) is 2.46. The van der Waals surface area contributed by atoms with E-state index in [1.807, 2.05) is 11.8 Å². The fourth-order valence-electron chi connectivity index (χ4n) is 2.03. The van der Waals surface area contributed by atoms with Gasteiger partial charge in [-0.05, 0) is 37.8 Å². The Hall–Kier alpha value is 0.270. The molecule has 0 radical (unpaired) electrons. The highest BCUT2D eigenvalue weighted by Crippen LogP contribution is 2.17.